The van der Waals surface area contributed by atoms with E-state index in [-0.39, 0.29) is 17.5 Å². The fourth-order valence-corrected chi connectivity index (χ4v) is 1.95. The number of unbranched alkanes of at least 4 members (excludes halogenated alkanes) is 2. The Kier molecular flexibility index (Phi) is 5.80. The number of hydrogen-bond donors (Lipinski definition) is 0. The Bertz CT molecular complexity index is 445. The average molecular weight is 266 g/mol. The van der Waals surface area contributed by atoms with Gasteiger partial charge in [0.2, 0.25) is 0 Å². The van der Waals surface area contributed by atoms with E-state index in [9.17, 15) is 9.59 Å². The minimum atomic E-state index is -0.453. The molecule has 1 heterocycles. The minimum Gasteiger partial charge on any atom is -0.458 e. The van der Waals surface area contributed by atoms with Gasteiger partial charge in [-0.15, -0.1) is 0 Å². The first-order valence-corrected chi connectivity index (χ1v) is 6.76. The second-order valence-corrected chi connectivity index (χ2v) is 4.79. The lowest BCUT2D eigenvalue weighted by molar-refractivity contribution is -0.148. The molecule has 0 aliphatic heterocycles. The molecule has 0 saturated carbocycles. The van der Waals surface area contributed by atoms with Gasteiger partial charge in [-0.25, -0.2) is 0 Å². The van der Waals surface area contributed by atoms with Crippen molar-refractivity contribution >= 4 is 11.8 Å². The summed E-state index contributed by atoms with van der Waals surface area (Å²) in [6.07, 6.45) is 2.90. The quantitative estimate of drug-likeness (QED) is 0.425. The Morgan fingerprint density at radius 3 is 2.63 bits per heavy atom. The Morgan fingerprint density at radius 1 is 1.37 bits per heavy atom. The lowest BCUT2D eigenvalue weighted by atomic mass is 10.1. The van der Waals surface area contributed by atoms with E-state index in [1.54, 1.807) is 19.9 Å². The molecule has 0 N–H and O–H groups in total. The van der Waals surface area contributed by atoms with E-state index in [0.717, 1.165) is 19.3 Å². The van der Waals surface area contributed by atoms with Crippen molar-refractivity contribution in [1.29, 1.82) is 0 Å². The molecule has 0 saturated heterocycles. The second kappa shape index (κ2) is 7.12. The molecule has 1 rings (SSSR count). The van der Waals surface area contributed by atoms with Crippen LogP contribution in [0.2, 0.25) is 0 Å². The smallest absolute Gasteiger partial charge is 0.306 e. The molecule has 0 aromatic carbocycles. The van der Waals surface area contributed by atoms with Crippen LogP contribution in [-0.2, 0) is 9.53 Å². The maximum Gasteiger partial charge on any atom is 0.306 e. The minimum absolute atomic E-state index is 0.156. The van der Waals surface area contributed by atoms with Gasteiger partial charge in [-0.1, -0.05) is 19.8 Å². The lowest BCUT2D eigenvalue weighted by Crippen LogP contribution is -2.10. The third kappa shape index (κ3) is 4.54. The molecule has 0 amide bonds. The third-order valence-corrected chi connectivity index (χ3v) is 2.93. The fraction of sp³-hybridized carbons (Fsp3) is 0.600. The zero-order chi connectivity index (χ0) is 14.4. The zero-order valence-electron chi connectivity index (χ0n) is 12.1. The van der Waals surface area contributed by atoms with Gasteiger partial charge in [0.15, 0.2) is 11.5 Å². The first kappa shape index (κ1) is 15.5. The number of ether oxygens (including phenoxy) is 1. The van der Waals surface area contributed by atoms with Gasteiger partial charge in [-0.3, -0.25) is 9.59 Å². The van der Waals surface area contributed by atoms with E-state index in [2.05, 4.69) is 6.92 Å². The molecule has 4 heteroatoms. The summed E-state index contributed by atoms with van der Waals surface area (Å²) in [6.45, 7) is 7.05. The van der Waals surface area contributed by atoms with Gasteiger partial charge in [-0.2, -0.15) is 0 Å². The van der Waals surface area contributed by atoms with Gasteiger partial charge >= 0.3 is 5.97 Å². The van der Waals surface area contributed by atoms with Crippen molar-refractivity contribution in [3.05, 3.63) is 23.2 Å². The lowest BCUT2D eigenvalue weighted by Gasteiger charge is -2.12. The van der Waals surface area contributed by atoms with E-state index in [0.29, 0.717) is 17.7 Å². The predicted octanol–water partition coefficient (Wildman–Crippen LogP) is 3.98. The number of hydrogen-bond acceptors (Lipinski definition) is 4. The number of furan rings is 1. The second-order valence-electron chi connectivity index (χ2n) is 4.79. The molecule has 1 aromatic rings. The summed E-state index contributed by atoms with van der Waals surface area (Å²) in [5, 5.41) is 0. The van der Waals surface area contributed by atoms with Crippen LogP contribution >= 0.6 is 0 Å². The van der Waals surface area contributed by atoms with Crippen LogP contribution < -0.4 is 0 Å². The molecule has 0 bridgehead atoms. The number of carbonyl (C=O) groups is 2. The highest BCUT2D eigenvalue weighted by Crippen LogP contribution is 2.25. The summed E-state index contributed by atoms with van der Waals surface area (Å²) in [7, 11) is 0. The van der Waals surface area contributed by atoms with Crippen LogP contribution in [-0.4, -0.2) is 11.8 Å². The highest BCUT2D eigenvalue weighted by atomic mass is 16.5. The van der Waals surface area contributed by atoms with Gasteiger partial charge in [0.1, 0.15) is 11.9 Å². The van der Waals surface area contributed by atoms with Gasteiger partial charge in [-0.05, 0) is 26.3 Å². The molecular weight excluding hydrogens is 244 g/mol. The fourth-order valence-electron chi connectivity index (χ4n) is 1.95. The van der Waals surface area contributed by atoms with Crippen molar-refractivity contribution in [2.45, 2.75) is 59.5 Å². The Morgan fingerprint density at radius 2 is 2.05 bits per heavy atom. The van der Waals surface area contributed by atoms with E-state index < -0.39 is 6.10 Å². The van der Waals surface area contributed by atoms with Crippen LogP contribution in [0.3, 0.4) is 0 Å². The average Bonchev–Trinajstić information content (AvgIpc) is 2.72. The monoisotopic (exact) mass is 266 g/mol. The van der Waals surface area contributed by atoms with Crippen molar-refractivity contribution in [3.8, 4) is 0 Å². The number of carbonyl (C=O) groups excluding carboxylic acids is 2. The van der Waals surface area contributed by atoms with Crippen molar-refractivity contribution in [1.82, 2.24) is 0 Å². The summed E-state index contributed by atoms with van der Waals surface area (Å²) in [6, 6.07) is 1.75. The summed E-state index contributed by atoms with van der Waals surface area (Å²) in [5.74, 6) is 0.548. The molecule has 1 atom stereocenters. The van der Waals surface area contributed by atoms with Crippen LogP contribution in [0.15, 0.2) is 10.5 Å². The first-order valence-electron chi connectivity index (χ1n) is 6.76. The third-order valence-electron chi connectivity index (χ3n) is 2.93. The van der Waals surface area contributed by atoms with Crippen LogP contribution in [0, 0.1) is 6.92 Å². The van der Waals surface area contributed by atoms with E-state index in [1.807, 2.05) is 0 Å². The van der Waals surface area contributed by atoms with Crippen LogP contribution in [0.1, 0.15) is 74.4 Å². The Balaban J connectivity index is 2.65. The highest BCUT2D eigenvalue weighted by molar-refractivity contribution is 5.93. The summed E-state index contributed by atoms with van der Waals surface area (Å²) in [5.41, 5.74) is 0.647. The molecule has 0 fully saturated rings. The molecule has 0 spiro atoms. The van der Waals surface area contributed by atoms with Crippen LogP contribution in [0.5, 0.6) is 0 Å². The van der Waals surface area contributed by atoms with Crippen molar-refractivity contribution < 1.29 is 18.7 Å². The van der Waals surface area contributed by atoms with E-state index >= 15 is 0 Å². The van der Waals surface area contributed by atoms with Gasteiger partial charge in [0, 0.05) is 18.9 Å². The molecule has 1 aromatic heterocycles. The van der Waals surface area contributed by atoms with E-state index in [1.165, 1.54) is 6.92 Å². The molecular formula is C15H22O4. The van der Waals surface area contributed by atoms with Crippen molar-refractivity contribution in [2.75, 3.05) is 0 Å². The zero-order valence-corrected chi connectivity index (χ0v) is 12.1. The Hall–Kier alpha value is -1.58. The number of esters is 1. The summed E-state index contributed by atoms with van der Waals surface area (Å²) >= 11 is 0. The molecule has 19 heavy (non-hydrogen) atoms. The molecule has 106 valence electrons. The van der Waals surface area contributed by atoms with Crippen molar-refractivity contribution in [2.24, 2.45) is 0 Å². The predicted molar refractivity (Wildman–Crippen MR) is 72.1 cm³/mol. The van der Waals surface area contributed by atoms with E-state index in [4.69, 9.17) is 9.15 Å². The number of aryl methyl sites for hydroxylation is 1. The SMILES string of the molecule is CCCCCC(=O)OC(C)c1cc(C)oc1C(C)=O. The van der Waals surface area contributed by atoms with Gasteiger partial charge in [0.05, 0.1) is 0 Å². The Labute approximate surface area is 114 Å². The summed E-state index contributed by atoms with van der Waals surface area (Å²) in [4.78, 5) is 23.1. The largest absolute Gasteiger partial charge is 0.458 e. The first-order chi connectivity index (χ1) is 8.95. The molecule has 4 nitrogen and oxygen atoms in total. The maximum absolute atomic E-state index is 11.7. The standard InChI is InChI=1S/C15H22O4/c1-5-6-7-8-14(17)19-12(4)13-9-10(2)18-15(13)11(3)16/h9,12H,5-8H2,1-4H3. The highest BCUT2D eigenvalue weighted by Gasteiger charge is 2.21. The normalized spacial score (nSPS) is 12.2. The molecule has 1 unspecified atom stereocenters. The number of ketones is 1. The van der Waals surface area contributed by atoms with Gasteiger partial charge < -0.3 is 9.15 Å². The van der Waals surface area contributed by atoms with Crippen LogP contribution in [0.4, 0.5) is 0 Å². The number of Topliss-reactive ketones (excluding diaryl/α,β-unsaturated/α-hetero) is 1. The number of rotatable bonds is 7. The summed E-state index contributed by atoms with van der Waals surface area (Å²) < 4.78 is 10.7. The van der Waals surface area contributed by atoms with Crippen molar-refractivity contribution in [3.63, 3.8) is 0 Å². The maximum atomic E-state index is 11.7. The topological polar surface area (TPSA) is 56.5 Å². The molecule has 0 radical (unpaired) electrons. The molecule has 0 aliphatic rings. The molecule has 0 aliphatic carbocycles. The van der Waals surface area contributed by atoms with Gasteiger partial charge in [0.25, 0.3) is 0 Å². The van der Waals surface area contributed by atoms with Crippen LogP contribution in [0.25, 0.3) is 0 Å².